The number of amides is 1. The molecule has 0 heterocycles. The summed E-state index contributed by atoms with van der Waals surface area (Å²) in [6, 6.07) is 8.45. The van der Waals surface area contributed by atoms with Crippen LogP contribution in [-0.4, -0.2) is 23.9 Å². The maximum absolute atomic E-state index is 11.0. The third kappa shape index (κ3) is 2.52. The number of carbonyl (C=O) groups excluding carboxylic acids is 1. The van der Waals surface area contributed by atoms with Crippen LogP contribution < -0.4 is 5.73 Å². The van der Waals surface area contributed by atoms with E-state index < -0.39 is 0 Å². The first-order valence-corrected chi connectivity index (χ1v) is 7.22. The molecule has 0 aliphatic heterocycles. The van der Waals surface area contributed by atoms with E-state index in [0.29, 0.717) is 5.56 Å². The molecule has 2 bridgehead atoms. The Kier molecular flexibility index (Phi) is 3.31. The van der Waals surface area contributed by atoms with Gasteiger partial charge >= 0.3 is 0 Å². The largest absolute Gasteiger partial charge is 0.366 e. The van der Waals surface area contributed by atoms with Crippen molar-refractivity contribution in [2.75, 3.05) is 7.05 Å². The Morgan fingerprint density at radius 1 is 1.26 bits per heavy atom. The Labute approximate surface area is 114 Å². The van der Waals surface area contributed by atoms with Crippen molar-refractivity contribution in [3.05, 3.63) is 35.4 Å². The summed E-state index contributed by atoms with van der Waals surface area (Å²) in [5, 5.41) is 0. The number of carbonyl (C=O) groups is 1. The number of nitrogens with zero attached hydrogens (tertiary/aromatic N) is 1. The zero-order chi connectivity index (χ0) is 13.4. The van der Waals surface area contributed by atoms with Gasteiger partial charge in [0.25, 0.3) is 0 Å². The fraction of sp³-hybridized carbons (Fsp3) is 0.562. The molecule has 19 heavy (non-hydrogen) atoms. The predicted octanol–water partition coefficient (Wildman–Crippen LogP) is 2.41. The van der Waals surface area contributed by atoms with Crippen LogP contribution in [0.25, 0.3) is 0 Å². The molecule has 2 unspecified atom stereocenters. The van der Waals surface area contributed by atoms with Gasteiger partial charge < -0.3 is 5.73 Å². The third-order valence-corrected chi connectivity index (χ3v) is 4.94. The van der Waals surface area contributed by atoms with Crippen LogP contribution in [0.2, 0.25) is 0 Å². The zero-order valence-corrected chi connectivity index (χ0v) is 11.5. The van der Waals surface area contributed by atoms with Crippen LogP contribution >= 0.6 is 0 Å². The number of rotatable bonds is 4. The van der Waals surface area contributed by atoms with Gasteiger partial charge in [-0.1, -0.05) is 18.6 Å². The topological polar surface area (TPSA) is 46.3 Å². The lowest BCUT2D eigenvalue weighted by molar-refractivity contribution is 0.100. The molecule has 1 aromatic carbocycles. The molecule has 2 saturated carbocycles. The van der Waals surface area contributed by atoms with E-state index in [9.17, 15) is 4.79 Å². The van der Waals surface area contributed by atoms with Gasteiger partial charge in [-0.3, -0.25) is 9.69 Å². The Morgan fingerprint density at radius 2 is 2.00 bits per heavy atom. The Morgan fingerprint density at radius 3 is 2.53 bits per heavy atom. The van der Waals surface area contributed by atoms with E-state index >= 15 is 0 Å². The first kappa shape index (κ1) is 12.7. The van der Waals surface area contributed by atoms with Gasteiger partial charge in [0, 0.05) is 18.2 Å². The summed E-state index contributed by atoms with van der Waals surface area (Å²) in [4.78, 5) is 13.5. The molecular formula is C16H22N2O. The zero-order valence-electron chi connectivity index (χ0n) is 11.5. The van der Waals surface area contributed by atoms with Crippen molar-refractivity contribution in [1.29, 1.82) is 0 Å². The van der Waals surface area contributed by atoms with Crippen LogP contribution in [0.5, 0.6) is 0 Å². The Hall–Kier alpha value is -1.35. The summed E-state index contributed by atoms with van der Waals surface area (Å²) in [5.41, 5.74) is 7.11. The van der Waals surface area contributed by atoms with Crippen LogP contribution in [0, 0.1) is 11.8 Å². The summed E-state index contributed by atoms with van der Waals surface area (Å²) in [5.74, 6) is 1.54. The average molecular weight is 258 g/mol. The Bertz CT molecular complexity index is 468. The molecule has 2 aliphatic carbocycles. The highest BCUT2D eigenvalue weighted by Crippen LogP contribution is 2.46. The molecule has 0 radical (unpaired) electrons. The number of benzene rings is 1. The molecule has 2 N–H and O–H groups in total. The van der Waals surface area contributed by atoms with E-state index in [0.717, 1.165) is 24.4 Å². The number of hydrogen-bond donors (Lipinski definition) is 1. The van der Waals surface area contributed by atoms with Crippen molar-refractivity contribution in [3.8, 4) is 0 Å². The summed E-state index contributed by atoms with van der Waals surface area (Å²) in [7, 11) is 2.23. The molecule has 0 aromatic heterocycles. The normalized spacial score (nSPS) is 29.1. The summed E-state index contributed by atoms with van der Waals surface area (Å²) >= 11 is 0. The quantitative estimate of drug-likeness (QED) is 0.901. The highest BCUT2D eigenvalue weighted by atomic mass is 16.1. The van der Waals surface area contributed by atoms with Crippen molar-refractivity contribution >= 4 is 5.91 Å². The lowest BCUT2D eigenvalue weighted by Gasteiger charge is -2.31. The number of fused-ring (bicyclic) bond motifs is 2. The molecule has 1 amide bonds. The summed E-state index contributed by atoms with van der Waals surface area (Å²) < 4.78 is 0. The maximum atomic E-state index is 11.0. The molecule has 3 atom stereocenters. The molecular weight excluding hydrogens is 236 g/mol. The van der Waals surface area contributed by atoms with Gasteiger partial charge in [0.05, 0.1) is 0 Å². The fourth-order valence-corrected chi connectivity index (χ4v) is 3.93. The molecule has 3 rings (SSSR count). The smallest absolute Gasteiger partial charge is 0.248 e. The van der Waals surface area contributed by atoms with E-state index in [2.05, 4.69) is 11.9 Å². The molecule has 3 nitrogen and oxygen atoms in total. The lowest BCUT2D eigenvalue weighted by atomic mass is 9.94. The second-order valence-corrected chi connectivity index (χ2v) is 6.22. The van der Waals surface area contributed by atoms with Gasteiger partial charge in [-0.25, -0.2) is 0 Å². The molecule has 2 fully saturated rings. The molecule has 102 valence electrons. The fourth-order valence-electron chi connectivity index (χ4n) is 3.93. The lowest BCUT2D eigenvalue weighted by Crippen LogP contribution is -2.35. The van der Waals surface area contributed by atoms with Crippen molar-refractivity contribution in [2.45, 2.75) is 38.3 Å². The van der Waals surface area contributed by atoms with Crippen molar-refractivity contribution < 1.29 is 4.79 Å². The maximum Gasteiger partial charge on any atom is 0.248 e. The monoisotopic (exact) mass is 258 g/mol. The minimum atomic E-state index is -0.354. The molecule has 0 saturated heterocycles. The van der Waals surface area contributed by atoms with Crippen LogP contribution in [0.15, 0.2) is 24.3 Å². The summed E-state index contributed by atoms with van der Waals surface area (Å²) in [6.07, 6.45) is 5.68. The van der Waals surface area contributed by atoms with Crippen LogP contribution in [-0.2, 0) is 6.54 Å². The second-order valence-electron chi connectivity index (χ2n) is 6.22. The number of hydrogen-bond acceptors (Lipinski definition) is 2. The average Bonchev–Trinajstić information content (AvgIpc) is 3.01. The van der Waals surface area contributed by atoms with E-state index in [1.807, 2.05) is 24.3 Å². The van der Waals surface area contributed by atoms with Crippen molar-refractivity contribution in [3.63, 3.8) is 0 Å². The van der Waals surface area contributed by atoms with Gasteiger partial charge in [0.15, 0.2) is 0 Å². The van der Waals surface area contributed by atoms with Crippen molar-refractivity contribution in [2.24, 2.45) is 17.6 Å². The molecule has 2 aliphatic rings. The third-order valence-electron chi connectivity index (χ3n) is 4.94. The SMILES string of the molecule is CN(Cc1ccc(C(N)=O)cc1)[C@H]1CC2CCC1C2. The van der Waals surface area contributed by atoms with E-state index in [-0.39, 0.29) is 5.91 Å². The van der Waals surface area contributed by atoms with Crippen LogP contribution in [0.3, 0.4) is 0 Å². The molecule has 1 aromatic rings. The van der Waals surface area contributed by atoms with Gasteiger partial charge in [-0.05, 0) is 55.8 Å². The van der Waals surface area contributed by atoms with E-state index in [1.165, 1.54) is 31.2 Å². The summed E-state index contributed by atoms with van der Waals surface area (Å²) in [6.45, 7) is 0.965. The standard InChI is InChI=1S/C16H22N2O/c1-18(15-9-12-4-7-14(15)8-12)10-11-2-5-13(6-3-11)16(17)19/h2-3,5-6,12,14-15H,4,7-10H2,1H3,(H2,17,19)/t12?,14?,15-/m0/s1. The number of primary amides is 1. The van der Waals surface area contributed by atoms with E-state index in [1.54, 1.807) is 0 Å². The van der Waals surface area contributed by atoms with Crippen LogP contribution in [0.4, 0.5) is 0 Å². The number of nitrogens with two attached hydrogens (primary N) is 1. The first-order chi connectivity index (χ1) is 9.13. The van der Waals surface area contributed by atoms with Gasteiger partial charge in [0.1, 0.15) is 0 Å². The van der Waals surface area contributed by atoms with E-state index in [4.69, 9.17) is 5.73 Å². The van der Waals surface area contributed by atoms with Crippen LogP contribution in [0.1, 0.15) is 41.6 Å². The molecule has 3 heteroatoms. The second kappa shape index (κ2) is 4.97. The first-order valence-electron chi connectivity index (χ1n) is 7.22. The Balaban J connectivity index is 1.63. The van der Waals surface area contributed by atoms with Gasteiger partial charge in [-0.2, -0.15) is 0 Å². The minimum Gasteiger partial charge on any atom is -0.366 e. The van der Waals surface area contributed by atoms with Crippen molar-refractivity contribution in [1.82, 2.24) is 4.90 Å². The highest BCUT2D eigenvalue weighted by molar-refractivity contribution is 5.92. The van der Waals surface area contributed by atoms with Gasteiger partial charge in [-0.15, -0.1) is 0 Å². The predicted molar refractivity (Wildman–Crippen MR) is 75.7 cm³/mol. The minimum absolute atomic E-state index is 0.354. The highest BCUT2D eigenvalue weighted by Gasteiger charge is 2.41. The van der Waals surface area contributed by atoms with Gasteiger partial charge in [0.2, 0.25) is 5.91 Å². The molecule has 0 spiro atoms.